The van der Waals surface area contributed by atoms with Gasteiger partial charge in [0.1, 0.15) is 5.82 Å². The van der Waals surface area contributed by atoms with Crippen LogP contribution >= 0.6 is 11.6 Å². The Kier molecular flexibility index (Phi) is 3.54. The van der Waals surface area contributed by atoms with E-state index in [4.69, 9.17) is 11.6 Å². The maximum absolute atomic E-state index is 14.1. The Morgan fingerprint density at radius 1 is 1.17 bits per heavy atom. The highest BCUT2D eigenvalue weighted by Crippen LogP contribution is 2.26. The Morgan fingerprint density at radius 3 is 2.83 bits per heavy atom. The monoisotopic (exact) mass is 342 g/mol. The van der Waals surface area contributed by atoms with Crippen molar-refractivity contribution >= 4 is 17.5 Å². The average Bonchev–Trinajstić information content (AvgIpc) is 3.01. The number of halogens is 2. The topological polar surface area (TPSA) is 70.7 Å². The molecule has 1 aromatic carbocycles. The highest BCUT2D eigenvalue weighted by Gasteiger charge is 2.20. The number of nitrogens with one attached hydrogen (secondary N) is 2. The van der Waals surface area contributed by atoms with Crippen molar-refractivity contribution in [2.24, 2.45) is 0 Å². The number of nitrogens with zero attached hydrogens (tertiary/aromatic N) is 2. The molecule has 0 atom stereocenters. The fourth-order valence-corrected chi connectivity index (χ4v) is 2.90. The first-order chi connectivity index (χ1) is 11.6. The number of hydrogen-bond acceptors (Lipinski definition) is 3. The van der Waals surface area contributed by atoms with E-state index in [9.17, 15) is 9.18 Å². The van der Waals surface area contributed by atoms with E-state index in [1.54, 1.807) is 30.5 Å². The lowest BCUT2D eigenvalue weighted by molar-refractivity contribution is 0.0946. The van der Waals surface area contributed by atoms with E-state index < -0.39 is 5.82 Å². The molecular formula is C17H12ClFN4O. The van der Waals surface area contributed by atoms with Gasteiger partial charge in [-0.3, -0.25) is 4.79 Å². The highest BCUT2D eigenvalue weighted by molar-refractivity contribution is 6.30. The van der Waals surface area contributed by atoms with E-state index in [1.807, 2.05) is 0 Å². The molecule has 4 rings (SSSR count). The number of carbonyl (C=O) groups excluding carboxylic acids is 1. The van der Waals surface area contributed by atoms with Crippen LogP contribution in [0, 0.1) is 5.82 Å². The highest BCUT2D eigenvalue weighted by atomic mass is 35.5. The third-order valence-electron chi connectivity index (χ3n) is 3.91. The van der Waals surface area contributed by atoms with E-state index in [1.165, 1.54) is 6.07 Å². The second kappa shape index (κ2) is 5.72. The molecule has 24 heavy (non-hydrogen) atoms. The Balaban J connectivity index is 1.77. The van der Waals surface area contributed by atoms with Crippen molar-refractivity contribution in [3.63, 3.8) is 0 Å². The van der Waals surface area contributed by atoms with Crippen LogP contribution < -0.4 is 5.32 Å². The Morgan fingerprint density at radius 2 is 2.04 bits per heavy atom. The van der Waals surface area contributed by atoms with Crippen LogP contribution in [0.2, 0.25) is 5.02 Å². The summed E-state index contributed by atoms with van der Waals surface area (Å²) in [4.78, 5) is 23.6. The Bertz CT molecular complexity index is 954. The molecule has 2 N–H and O–H groups in total. The van der Waals surface area contributed by atoms with Crippen molar-refractivity contribution in [1.29, 1.82) is 0 Å². The quantitative estimate of drug-likeness (QED) is 0.751. The van der Waals surface area contributed by atoms with Crippen molar-refractivity contribution in [3.05, 3.63) is 58.6 Å². The van der Waals surface area contributed by atoms with Gasteiger partial charge in [0, 0.05) is 29.9 Å². The number of fused-ring (bicyclic) bond motifs is 1. The molecule has 3 aromatic rings. The molecule has 0 spiro atoms. The molecule has 0 bridgehead atoms. The van der Waals surface area contributed by atoms with Gasteiger partial charge in [-0.1, -0.05) is 11.6 Å². The first kappa shape index (κ1) is 14.8. The summed E-state index contributed by atoms with van der Waals surface area (Å²) in [6, 6.07) is 7.84. The number of rotatable bonds is 2. The number of benzene rings is 1. The molecule has 0 aliphatic carbocycles. The molecule has 0 fully saturated rings. The van der Waals surface area contributed by atoms with Crippen LogP contribution in [0.15, 0.2) is 36.5 Å². The number of carbonyl (C=O) groups is 1. The summed E-state index contributed by atoms with van der Waals surface area (Å²) >= 11 is 5.78. The minimum absolute atomic E-state index is 0.100. The molecule has 1 amide bonds. The minimum Gasteiger partial charge on any atom is -0.356 e. The summed E-state index contributed by atoms with van der Waals surface area (Å²) in [6.45, 7) is 0.608. The number of H-pyrrole nitrogens is 1. The number of aromatic amines is 1. The Hall–Kier alpha value is -2.73. The smallest absolute Gasteiger partial charge is 0.253 e. The van der Waals surface area contributed by atoms with Gasteiger partial charge in [-0.25, -0.2) is 14.4 Å². The third-order valence-corrected chi connectivity index (χ3v) is 4.14. The third kappa shape index (κ3) is 2.55. The molecule has 1 aliphatic rings. The Labute approximate surface area is 141 Å². The van der Waals surface area contributed by atoms with Gasteiger partial charge in [-0.15, -0.1) is 0 Å². The second-order valence-corrected chi connectivity index (χ2v) is 5.91. The maximum Gasteiger partial charge on any atom is 0.253 e. The molecule has 2 aromatic heterocycles. The van der Waals surface area contributed by atoms with Gasteiger partial charge in [-0.05, 0) is 30.3 Å². The predicted molar refractivity (Wildman–Crippen MR) is 88.3 cm³/mol. The van der Waals surface area contributed by atoms with Crippen LogP contribution in [-0.2, 0) is 6.42 Å². The molecular weight excluding hydrogens is 331 g/mol. The van der Waals surface area contributed by atoms with Crippen molar-refractivity contribution in [1.82, 2.24) is 20.3 Å². The average molecular weight is 343 g/mol. The van der Waals surface area contributed by atoms with Crippen LogP contribution in [0.1, 0.15) is 16.1 Å². The lowest BCUT2D eigenvalue weighted by Crippen LogP contribution is -2.31. The zero-order chi connectivity index (χ0) is 16.7. The van der Waals surface area contributed by atoms with Gasteiger partial charge in [0.15, 0.2) is 5.82 Å². The SMILES string of the molecule is O=C1NCCc2[nH]c(-c3ccnc(-c4ccc(Cl)cc4F)n3)cc21. The second-order valence-electron chi connectivity index (χ2n) is 5.47. The molecule has 0 unspecified atom stereocenters. The minimum atomic E-state index is -0.482. The molecule has 5 nitrogen and oxygen atoms in total. The van der Waals surface area contributed by atoms with Gasteiger partial charge in [0.05, 0.1) is 22.5 Å². The van der Waals surface area contributed by atoms with Gasteiger partial charge < -0.3 is 10.3 Å². The number of aromatic nitrogens is 3. The van der Waals surface area contributed by atoms with Crippen LogP contribution in [0.5, 0.6) is 0 Å². The summed E-state index contributed by atoms with van der Waals surface area (Å²) in [7, 11) is 0. The molecule has 0 radical (unpaired) electrons. The van der Waals surface area contributed by atoms with E-state index >= 15 is 0 Å². The van der Waals surface area contributed by atoms with Crippen molar-refractivity contribution < 1.29 is 9.18 Å². The zero-order valence-corrected chi connectivity index (χ0v) is 13.2. The van der Waals surface area contributed by atoms with Gasteiger partial charge in [-0.2, -0.15) is 0 Å². The zero-order valence-electron chi connectivity index (χ0n) is 12.4. The fraction of sp³-hybridized carbons (Fsp3) is 0.118. The standard InChI is InChI=1S/C17H12ClFN4O/c18-9-1-2-10(12(19)7-9)16-20-5-4-14(23-16)15-8-11-13(22-15)3-6-21-17(11)24/h1-2,4-5,7-8,22H,3,6H2,(H,21,24). The number of amides is 1. The van der Waals surface area contributed by atoms with Crippen LogP contribution in [-0.4, -0.2) is 27.4 Å². The summed E-state index contributed by atoms with van der Waals surface area (Å²) < 4.78 is 14.1. The van der Waals surface area contributed by atoms with Gasteiger partial charge in [0.25, 0.3) is 5.91 Å². The summed E-state index contributed by atoms with van der Waals surface area (Å²) in [6.07, 6.45) is 2.30. The first-order valence-corrected chi connectivity index (χ1v) is 7.78. The van der Waals surface area contributed by atoms with E-state index in [-0.39, 0.29) is 17.3 Å². The summed E-state index contributed by atoms with van der Waals surface area (Å²) in [5, 5.41) is 3.11. The largest absolute Gasteiger partial charge is 0.356 e. The van der Waals surface area contributed by atoms with E-state index in [0.29, 0.717) is 28.5 Å². The predicted octanol–water partition coefficient (Wildman–Crippen LogP) is 3.22. The molecule has 7 heteroatoms. The van der Waals surface area contributed by atoms with Crippen molar-refractivity contribution in [2.75, 3.05) is 6.54 Å². The maximum atomic E-state index is 14.1. The normalized spacial score (nSPS) is 13.5. The van der Waals surface area contributed by atoms with Crippen molar-refractivity contribution in [2.45, 2.75) is 6.42 Å². The van der Waals surface area contributed by atoms with Crippen LogP contribution in [0.25, 0.3) is 22.8 Å². The number of hydrogen-bond donors (Lipinski definition) is 2. The molecule has 0 saturated carbocycles. The lowest BCUT2D eigenvalue weighted by atomic mass is 10.1. The molecule has 0 saturated heterocycles. The van der Waals surface area contributed by atoms with Crippen LogP contribution in [0.4, 0.5) is 4.39 Å². The van der Waals surface area contributed by atoms with E-state index in [2.05, 4.69) is 20.3 Å². The molecule has 120 valence electrons. The van der Waals surface area contributed by atoms with Crippen molar-refractivity contribution in [3.8, 4) is 22.8 Å². The summed E-state index contributed by atoms with van der Waals surface area (Å²) in [5.41, 5.74) is 3.07. The fourth-order valence-electron chi connectivity index (χ4n) is 2.74. The molecule has 1 aliphatic heterocycles. The van der Waals surface area contributed by atoms with Gasteiger partial charge >= 0.3 is 0 Å². The summed E-state index contributed by atoms with van der Waals surface area (Å²) in [5.74, 6) is -0.319. The molecule has 3 heterocycles. The lowest BCUT2D eigenvalue weighted by Gasteiger charge is -2.10. The van der Waals surface area contributed by atoms with Gasteiger partial charge in [0.2, 0.25) is 0 Å². The van der Waals surface area contributed by atoms with E-state index in [0.717, 1.165) is 12.1 Å². The van der Waals surface area contributed by atoms with Crippen LogP contribution in [0.3, 0.4) is 0 Å². The first-order valence-electron chi connectivity index (χ1n) is 7.41.